The normalized spacial score (nSPS) is 10.9. The Hall–Kier alpha value is -1.14. The van der Waals surface area contributed by atoms with E-state index in [9.17, 15) is 13.2 Å². The van der Waals surface area contributed by atoms with Gasteiger partial charge >= 0.3 is 6.18 Å². The third kappa shape index (κ3) is 3.25. The molecule has 0 spiro atoms. The minimum atomic E-state index is -4.51. The first-order chi connectivity index (χ1) is 9.04. The Morgan fingerprint density at radius 1 is 1.21 bits per heavy atom. The molecule has 0 bridgehead atoms. The Kier molecular flexibility index (Phi) is 4.42. The van der Waals surface area contributed by atoms with E-state index < -0.39 is 11.9 Å². The van der Waals surface area contributed by atoms with Gasteiger partial charge in [-0.1, -0.05) is 24.1 Å². The highest BCUT2D eigenvalue weighted by Crippen LogP contribution is 2.33. The van der Waals surface area contributed by atoms with Crippen LogP contribution in [0.1, 0.15) is 11.3 Å². The van der Waals surface area contributed by atoms with Gasteiger partial charge in [-0.2, -0.15) is 18.3 Å². The number of aromatic nitrogens is 2. The molecule has 0 unspecified atom stereocenters. The fourth-order valence-electron chi connectivity index (χ4n) is 1.55. The van der Waals surface area contributed by atoms with Crippen LogP contribution in [0.2, 0.25) is 0 Å². The van der Waals surface area contributed by atoms with E-state index in [1.54, 1.807) is 30.3 Å². The molecule has 1 aromatic heterocycles. The Morgan fingerprint density at radius 3 is 2.47 bits per heavy atom. The summed E-state index contributed by atoms with van der Waals surface area (Å²) < 4.78 is 40.2. The van der Waals surface area contributed by atoms with E-state index in [0.29, 0.717) is 5.69 Å². The number of alkyl halides is 3. The van der Waals surface area contributed by atoms with Crippen LogP contribution >= 0.6 is 30.1 Å². The summed E-state index contributed by atoms with van der Waals surface area (Å²) in [5.74, 6) is 2.46. The molecule has 0 aliphatic carbocycles. The summed E-state index contributed by atoms with van der Waals surface area (Å²) in [6.07, 6.45) is -3.37. The summed E-state index contributed by atoms with van der Waals surface area (Å²) in [6, 6.07) is 8.17. The lowest BCUT2D eigenvalue weighted by molar-refractivity contribution is -0.143. The van der Waals surface area contributed by atoms with Gasteiger partial charge in [-0.15, -0.1) is 0 Å². The molecule has 2 rings (SSSR count). The monoisotopic (exact) mass is 394 g/mol. The first-order valence-electron chi connectivity index (χ1n) is 5.03. The van der Waals surface area contributed by atoms with Crippen molar-refractivity contribution in [3.63, 3.8) is 0 Å². The van der Waals surface area contributed by atoms with Gasteiger partial charge in [0.1, 0.15) is 0 Å². The van der Waals surface area contributed by atoms with Crippen molar-refractivity contribution in [2.24, 2.45) is 0 Å². The van der Waals surface area contributed by atoms with Crippen molar-refractivity contribution >= 4 is 30.1 Å². The number of benzene rings is 1. The molecule has 0 saturated heterocycles. The van der Waals surface area contributed by atoms with E-state index in [-0.39, 0.29) is 5.56 Å². The molecule has 0 amide bonds. The maximum absolute atomic E-state index is 13.1. The Labute approximate surface area is 124 Å². The molecule has 1 aromatic carbocycles. The molecular weight excluding hydrogens is 388 g/mol. The number of hydrogen-bond donors (Lipinski definition) is 0. The third-order valence-corrected chi connectivity index (χ3v) is 3.10. The van der Waals surface area contributed by atoms with E-state index in [0.717, 1.165) is 19.8 Å². The largest absolute Gasteiger partial charge is 0.434 e. The van der Waals surface area contributed by atoms with Crippen LogP contribution in [0.5, 0.6) is 0 Å². The smallest absolute Gasteiger partial charge is 0.227 e. The molecule has 0 radical (unpaired) electrons. The van der Waals surface area contributed by atoms with Crippen LogP contribution in [-0.4, -0.2) is 9.78 Å². The fraction of sp³-hybridized carbons (Fsp3) is 0.0833. The highest BCUT2D eigenvalue weighted by atomic mass is 127. The SMILES string of the molecule is FC(F)(F)c1c(C#CSI)cnn1-c1ccccc1. The van der Waals surface area contributed by atoms with Crippen molar-refractivity contribution < 1.29 is 13.2 Å². The lowest BCUT2D eigenvalue weighted by Gasteiger charge is -2.10. The molecule has 0 aliphatic heterocycles. The molecule has 1 heterocycles. The summed E-state index contributed by atoms with van der Waals surface area (Å²) in [4.78, 5) is 0. The van der Waals surface area contributed by atoms with Gasteiger partial charge in [-0.25, -0.2) is 4.68 Å². The lowest BCUT2D eigenvalue weighted by atomic mass is 10.2. The van der Waals surface area contributed by atoms with E-state index in [1.807, 2.05) is 21.2 Å². The molecule has 19 heavy (non-hydrogen) atoms. The molecule has 7 heteroatoms. The Balaban J connectivity index is 2.60. The van der Waals surface area contributed by atoms with Gasteiger partial charge in [-0.05, 0) is 26.3 Å². The number of rotatable bonds is 1. The van der Waals surface area contributed by atoms with Gasteiger partial charge in [0.15, 0.2) is 5.69 Å². The second-order valence-corrected chi connectivity index (χ2v) is 5.14. The van der Waals surface area contributed by atoms with Gasteiger partial charge in [0, 0.05) is 21.2 Å². The number of halogens is 4. The second kappa shape index (κ2) is 5.88. The maximum atomic E-state index is 13.1. The zero-order valence-corrected chi connectivity index (χ0v) is 12.3. The summed E-state index contributed by atoms with van der Waals surface area (Å²) >= 11 is 1.90. The van der Waals surface area contributed by atoms with Crippen molar-refractivity contribution in [3.8, 4) is 16.9 Å². The first kappa shape index (κ1) is 14.3. The minimum absolute atomic E-state index is 0.125. The quantitative estimate of drug-likeness (QED) is 0.531. The van der Waals surface area contributed by atoms with Crippen LogP contribution in [0.3, 0.4) is 0 Å². The Morgan fingerprint density at radius 2 is 1.89 bits per heavy atom. The van der Waals surface area contributed by atoms with Gasteiger partial charge in [0.25, 0.3) is 0 Å². The maximum Gasteiger partial charge on any atom is 0.434 e. The van der Waals surface area contributed by atoms with E-state index in [4.69, 9.17) is 0 Å². The molecule has 0 aliphatic rings. The molecule has 98 valence electrons. The van der Waals surface area contributed by atoms with E-state index in [1.165, 1.54) is 0 Å². The minimum Gasteiger partial charge on any atom is -0.227 e. The molecule has 2 nitrogen and oxygen atoms in total. The second-order valence-electron chi connectivity index (χ2n) is 3.46. The Bertz CT molecular complexity index is 626. The molecule has 2 aromatic rings. The average Bonchev–Trinajstić information content (AvgIpc) is 2.81. The topological polar surface area (TPSA) is 17.8 Å². The van der Waals surface area contributed by atoms with Crippen LogP contribution in [0, 0.1) is 11.2 Å². The van der Waals surface area contributed by atoms with Gasteiger partial charge in [-0.3, -0.25) is 0 Å². The van der Waals surface area contributed by atoms with Crippen molar-refractivity contribution in [2.75, 3.05) is 0 Å². The summed E-state index contributed by atoms with van der Waals surface area (Å²) in [7, 11) is 1.13. The third-order valence-electron chi connectivity index (χ3n) is 2.26. The number of nitrogens with zero attached hydrogens (tertiary/aromatic N) is 2. The highest BCUT2D eigenvalue weighted by Gasteiger charge is 2.38. The van der Waals surface area contributed by atoms with E-state index >= 15 is 0 Å². The van der Waals surface area contributed by atoms with Crippen LogP contribution < -0.4 is 0 Å². The van der Waals surface area contributed by atoms with Crippen molar-refractivity contribution in [1.82, 2.24) is 9.78 Å². The highest BCUT2D eigenvalue weighted by molar-refractivity contribution is 14.2. The first-order valence-corrected chi connectivity index (χ1v) is 8.39. The zero-order chi connectivity index (χ0) is 13.9. The predicted octanol–water partition coefficient (Wildman–Crippen LogP) is 4.28. The standard InChI is InChI=1S/C12H6F3IN2S/c13-12(14,15)11-9(6-7-19-16)8-17-18(11)10-4-2-1-3-5-10/h1-5,8H. The van der Waals surface area contributed by atoms with Crippen LogP contribution in [0.15, 0.2) is 36.5 Å². The molecule has 0 atom stereocenters. The lowest BCUT2D eigenvalue weighted by Crippen LogP contribution is -2.14. The molecule has 0 saturated carbocycles. The molecular formula is C12H6F3IN2S. The van der Waals surface area contributed by atoms with Crippen LogP contribution in [0.25, 0.3) is 5.69 Å². The van der Waals surface area contributed by atoms with Crippen molar-refractivity contribution in [1.29, 1.82) is 0 Å². The molecule has 0 N–H and O–H groups in total. The van der Waals surface area contributed by atoms with Crippen molar-refractivity contribution in [3.05, 3.63) is 47.8 Å². The number of hydrogen-bond acceptors (Lipinski definition) is 2. The summed E-state index contributed by atoms with van der Waals surface area (Å²) in [6.45, 7) is 0. The van der Waals surface area contributed by atoms with Gasteiger partial charge in [0.2, 0.25) is 0 Å². The zero-order valence-electron chi connectivity index (χ0n) is 9.28. The molecule has 0 fully saturated rings. The summed E-state index contributed by atoms with van der Waals surface area (Å²) in [5.41, 5.74) is -0.623. The fourth-order valence-corrected chi connectivity index (χ4v) is 2.03. The van der Waals surface area contributed by atoms with Gasteiger partial charge in [0.05, 0.1) is 17.4 Å². The van der Waals surface area contributed by atoms with Crippen LogP contribution in [0.4, 0.5) is 13.2 Å². The van der Waals surface area contributed by atoms with Crippen LogP contribution in [-0.2, 0) is 6.18 Å². The van der Waals surface area contributed by atoms with Crippen molar-refractivity contribution in [2.45, 2.75) is 6.18 Å². The van der Waals surface area contributed by atoms with Gasteiger partial charge < -0.3 is 0 Å². The number of para-hydroxylation sites is 1. The predicted molar refractivity (Wildman–Crippen MR) is 77.1 cm³/mol. The summed E-state index contributed by atoms with van der Waals surface area (Å²) in [5, 5.41) is 6.33. The average molecular weight is 394 g/mol. The van der Waals surface area contributed by atoms with E-state index in [2.05, 4.69) is 16.3 Å².